The van der Waals surface area contributed by atoms with Crippen molar-refractivity contribution in [3.63, 3.8) is 0 Å². The van der Waals surface area contributed by atoms with Crippen LogP contribution in [0.4, 0.5) is 13.2 Å². The molecule has 2 N–H and O–H groups in total. The summed E-state index contributed by atoms with van der Waals surface area (Å²) < 4.78 is 43.5. The van der Waals surface area contributed by atoms with E-state index in [4.69, 9.17) is 0 Å². The van der Waals surface area contributed by atoms with Crippen molar-refractivity contribution in [3.8, 4) is 0 Å². The molecule has 160 valence electrons. The van der Waals surface area contributed by atoms with Gasteiger partial charge >= 0.3 is 0 Å². The molecule has 2 fully saturated rings. The first-order valence-corrected chi connectivity index (χ1v) is 11.0. The van der Waals surface area contributed by atoms with E-state index in [0.29, 0.717) is 3.57 Å². The Bertz CT molecular complexity index is 973. The van der Waals surface area contributed by atoms with E-state index in [1.54, 1.807) is 6.07 Å². The van der Waals surface area contributed by atoms with Crippen molar-refractivity contribution in [2.45, 2.75) is 37.3 Å². The second kappa shape index (κ2) is 8.47. The van der Waals surface area contributed by atoms with E-state index < -0.39 is 29.0 Å². The van der Waals surface area contributed by atoms with Gasteiger partial charge in [0, 0.05) is 27.2 Å². The monoisotopic (exact) mass is 530 g/mol. The standard InChI is InChI=1S/C22H22F3IN2O2/c23-17-7-6-15(16(20(17)25)9-13-4-5-14(26)10-18(13)24)21(29)28-11-22(30,12-28)19-3-1-2-8-27-19/h4-7,10,19,27,30H,1-3,8-9,11-12H2/t19-/m0/s1. The molecule has 4 nitrogen and oxygen atoms in total. The predicted octanol–water partition coefficient (Wildman–Crippen LogP) is 3.63. The summed E-state index contributed by atoms with van der Waals surface area (Å²) in [5.41, 5.74) is -1.02. The molecule has 1 atom stereocenters. The number of carbonyl (C=O) groups is 1. The van der Waals surface area contributed by atoms with E-state index >= 15 is 0 Å². The number of benzene rings is 2. The van der Waals surface area contributed by atoms with Gasteiger partial charge in [-0.1, -0.05) is 12.5 Å². The van der Waals surface area contributed by atoms with Crippen LogP contribution in [-0.4, -0.2) is 47.2 Å². The lowest BCUT2D eigenvalue weighted by Crippen LogP contribution is -2.72. The van der Waals surface area contributed by atoms with Crippen LogP contribution in [0.25, 0.3) is 0 Å². The lowest BCUT2D eigenvalue weighted by Gasteiger charge is -2.51. The first-order valence-electron chi connectivity index (χ1n) is 9.94. The van der Waals surface area contributed by atoms with Gasteiger partial charge in [-0.25, -0.2) is 13.2 Å². The van der Waals surface area contributed by atoms with Gasteiger partial charge < -0.3 is 15.3 Å². The predicted molar refractivity (Wildman–Crippen MR) is 115 cm³/mol. The number of likely N-dealkylation sites (tertiary alicyclic amines) is 1. The molecule has 2 aliphatic rings. The van der Waals surface area contributed by atoms with Crippen molar-refractivity contribution >= 4 is 28.5 Å². The fourth-order valence-corrected chi connectivity index (χ4v) is 4.73. The van der Waals surface area contributed by atoms with Crippen molar-refractivity contribution < 1.29 is 23.1 Å². The van der Waals surface area contributed by atoms with E-state index in [1.807, 2.05) is 22.6 Å². The Morgan fingerprint density at radius 3 is 2.60 bits per heavy atom. The van der Waals surface area contributed by atoms with Gasteiger partial charge in [0.25, 0.3) is 5.91 Å². The minimum atomic E-state index is -1.15. The lowest BCUT2D eigenvalue weighted by molar-refractivity contribution is -0.108. The van der Waals surface area contributed by atoms with E-state index in [1.165, 1.54) is 23.1 Å². The third-order valence-corrected chi connectivity index (χ3v) is 6.66. The van der Waals surface area contributed by atoms with Crippen LogP contribution in [-0.2, 0) is 6.42 Å². The van der Waals surface area contributed by atoms with Gasteiger partial charge in [-0.3, -0.25) is 4.79 Å². The third kappa shape index (κ3) is 4.09. The number of nitrogens with one attached hydrogen (secondary N) is 1. The van der Waals surface area contributed by atoms with Crippen molar-refractivity contribution in [1.29, 1.82) is 0 Å². The molecular formula is C22H22F3IN2O2. The number of rotatable bonds is 4. The average molecular weight is 530 g/mol. The molecule has 2 saturated heterocycles. The molecule has 0 spiro atoms. The Hall–Kier alpha value is -1.65. The zero-order chi connectivity index (χ0) is 21.5. The number of aliphatic hydroxyl groups is 1. The highest BCUT2D eigenvalue weighted by Gasteiger charge is 2.49. The van der Waals surface area contributed by atoms with E-state index in [2.05, 4.69) is 5.32 Å². The molecule has 0 saturated carbocycles. The molecule has 4 rings (SSSR count). The molecule has 0 aliphatic carbocycles. The molecule has 0 radical (unpaired) electrons. The number of hydrogen-bond acceptors (Lipinski definition) is 3. The Morgan fingerprint density at radius 2 is 1.93 bits per heavy atom. The van der Waals surface area contributed by atoms with Crippen LogP contribution >= 0.6 is 22.6 Å². The maximum atomic E-state index is 14.6. The van der Waals surface area contributed by atoms with Gasteiger partial charge in [0.1, 0.15) is 11.4 Å². The third-order valence-electron chi connectivity index (χ3n) is 5.98. The Labute approximate surface area is 186 Å². The minimum absolute atomic E-state index is 0.00879. The SMILES string of the molecule is O=C(c1ccc(F)c(F)c1Cc1ccc(I)cc1F)N1CC(O)([C@@H]2CCCCN2)C1. The number of hydrogen-bond donors (Lipinski definition) is 2. The van der Waals surface area contributed by atoms with E-state index in [9.17, 15) is 23.1 Å². The molecule has 0 aromatic heterocycles. The summed E-state index contributed by atoms with van der Waals surface area (Å²) in [5.74, 6) is -3.26. The van der Waals surface area contributed by atoms with Gasteiger partial charge in [-0.05, 0) is 71.8 Å². The van der Waals surface area contributed by atoms with Crippen LogP contribution in [0.3, 0.4) is 0 Å². The molecule has 2 aliphatic heterocycles. The van der Waals surface area contributed by atoms with Crippen LogP contribution in [0.1, 0.15) is 40.7 Å². The van der Waals surface area contributed by atoms with E-state index in [-0.39, 0.29) is 42.2 Å². The first-order chi connectivity index (χ1) is 14.3. The molecule has 1 amide bonds. The quantitative estimate of drug-likeness (QED) is 0.595. The highest BCUT2D eigenvalue weighted by Crippen LogP contribution is 2.32. The topological polar surface area (TPSA) is 52.6 Å². The van der Waals surface area contributed by atoms with Crippen LogP contribution in [0.15, 0.2) is 30.3 Å². The maximum Gasteiger partial charge on any atom is 0.254 e. The van der Waals surface area contributed by atoms with Crippen LogP contribution in [0, 0.1) is 21.0 Å². The average Bonchev–Trinajstić information content (AvgIpc) is 2.71. The zero-order valence-corrected chi connectivity index (χ0v) is 18.4. The summed E-state index contributed by atoms with van der Waals surface area (Å²) in [6.07, 6.45) is 2.67. The van der Waals surface area contributed by atoms with Crippen molar-refractivity contribution in [2.75, 3.05) is 19.6 Å². The van der Waals surface area contributed by atoms with Gasteiger partial charge in [0.05, 0.1) is 13.1 Å². The summed E-state index contributed by atoms with van der Waals surface area (Å²) >= 11 is 1.96. The first kappa shape index (κ1) is 21.6. The number of halogens is 4. The number of β-amino-alcohol motifs (C(OH)–C–C–N with tert-alkyl or cyclic N) is 1. The summed E-state index contributed by atoms with van der Waals surface area (Å²) in [6.45, 7) is 1.08. The summed E-state index contributed by atoms with van der Waals surface area (Å²) in [7, 11) is 0. The highest BCUT2D eigenvalue weighted by molar-refractivity contribution is 14.1. The zero-order valence-electron chi connectivity index (χ0n) is 16.2. The molecule has 2 aromatic rings. The number of amides is 1. The van der Waals surface area contributed by atoms with E-state index in [0.717, 1.165) is 31.9 Å². The Morgan fingerprint density at radius 1 is 1.17 bits per heavy atom. The normalized spacial score (nSPS) is 20.7. The molecule has 0 unspecified atom stereocenters. The number of nitrogens with zero attached hydrogens (tertiary/aromatic N) is 1. The van der Waals surface area contributed by atoms with Gasteiger partial charge in [-0.15, -0.1) is 0 Å². The largest absolute Gasteiger partial charge is 0.385 e. The van der Waals surface area contributed by atoms with Crippen molar-refractivity contribution in [3.05, 3.63) is 68.0 Å². The second-order valence-corrected chi connectivity index (χ2v) is 9.31. The summed E-state index contributed by atoms with van der Waals surface area (Å²) in [4.78, 5) is 14.4. The smallest absolute Gasteiger partial charge is 0.254 e. The summed E-state index contributed by atoms with van der Waals surface area (Å²) in [6, 6.07) is 6.54. The molecular weight excluding hydrogens is 508 g/mol. The van der Waals surface area contributed by atoms with Gasteiger partial charge in [0.15, 0.2) is 11.6 Å². The molecule has 8 heteroatoms. The van der Waals surface area contributed by atoms with Gasteiger partial charge in [0.2, 0.25) is 0 Å². The van der Waals surface area contributed by atoms with Crippen molar-refractivity contribution in [1.82, 2.24) is 10.2 Å². The Kier molecular flexibility index (Phi) is 6.09. The van der Waals surface area contributed by atoms with Crippen LogP contribution in [0.2, 0.25) is 0 Å². The maximum absolute atomic E-state index is 14.6. The fraction of sp³-hybridized carbons (Fsp3) is 0.409. The van der Waals surface area contributed by atoms with Crippen LogP contribution < -0.4 is 5.32 Å². The fourth-order valence-electron chi connectivity index (χ4n) is 4.28. The molecule has 2 heterocycles. The van der Waals surface area contributed by atoms with Crippen molar-refractivity contribution in [2.24, 2.45) is 0 Å². The summed E-state index contributed by atoms with van der Waals surface area (Å²) in [5, 5.41) is 14.1. The number of piperidine rings is 1. The second-order valence-electron chi connectivity index (χ2n) is 8.07. The highest BCUT2D eigenvalue weighted by atomic mass is 127. The van der Waals surface area contributed by atoms with Gasteiger partial charge in [-0.2, -0.15) is 0 Å². The molecule has 2 aromatic carbocycles. The molecule has 0 bridgehead atoms. The minimum Gasteiger partial charge on any atom is -0.385 e. The van der Waals surface area contributed by atoms with Crippen LogP contribution in [0.5, 0.6) is 0 Å². The lowest BCUT2D eigenvalue weighted by atomic mass is 9.81. The number of carbonyl (C=O) groups excluding carboxylic acids is 1. The molecule has 30 heavy (non-hydrogen) atoms. The Balaban J connectivity index is 1.57.